The summed E-state index contributed by atoms with van der Waals surface area (Å²) in [6, 6.07) is 20.2. The number of likely N-dealkylation sites (tertiary alicyclic amines) is 1. The number of rotatable bonds is 5. The van der Waals surface area contributed by atoms with E-state index in [9.17, 15) is 9.59 Å². The minimum absolute atomic E-state index is 0.0164. The lowest BCUT2D eigenvalue weighted by atomic mass is 9.88. The smallest absolute Gasteiger partial charge is 0.407 e. The van der Waals surface area contributed by atoms with E-state index in [1.165, 1.54) is 0 Å². The van der Waals surface area contributed by atoms with E-state index in [1.807, 2.05) is 62.1 Å². The van der Waals surface area contributed by atoms with Crippen LogP contribution in [0, 0.1) is 0 Å². The maximum atomic E-state index is 13.0. The molecular weight excluding hydrogens is 364 g/mol. The third-order valence-corrected chi connectivity index (χ3v) is 5.04. The van der Waals surface area contributed by atoms with Crippen molar-refractivity contribution in [2.24, 2.45) is 0 Å². The molecule has 5 nitrogen and oxygen atoms in total. The normalized spacial score (nSPS) is 16.7. The molecule has 154 valence electrons. The zero-order valence-electron chi connectivity index (χ0n) is 17.4. The lowest BCUT2D eigenvalue weighted by molar-refractivity contribution is -0.130. The quantitative estimate of drug-likeness (QED) is 0.821. The Kier molecular flexibility index (Phi) is 6.57. The molecule has 2 amide bonds. The molecule has 1 heterocycles. The van der Waals surface area contributed by atoms with Crippen LogP contribution in [0.5, 0.6) is 0 Å². The topological polar surface area (TPSA) is 58.6 Å². The second-order valence-corrected chi connectivity index (χ2v) is 8.55. The number of amides is 2. The van der Waals surface area contributed by atoms with E-state index >= 15 is 0 Å². The summed E-state index contributed by atoms with van der Waals surface area (Å²) in [5, 5.41) is 2.88. The van der Waals surface area contributed by atoms with Crippen LogP contribution in [-0.4, -0.2) is 41.6 Å². The SMILES string of the molecule is CC(C)(C)OC(=O)NC1CCN(C(=O)CC(c2ccccc2)c2ccccc2)C1. The Hall–Kier alpha value is -2.82. The van der Waals surface area contributed by atoms with Gasteiger partial charge in [-0.2, -0.15) is 0 Å². The molecule has 1 atom stereocenters. The van der Waals surface area contributed by atoms with E-state index in [4.69, 9.17) is 4.74 Å². The standard InChI is InChI=1S/C24H30N2O3/c1-24(2,3)29-23(28)25-20-14-15-26(17-20)22(27)16-21(18-10-6-4-7-11-18)19-12-8-5-9-13-19/h4-13,20-21H,14-17H2,1-3H3,(H,25,28). The Balaban J connectivity index is 1.63. The monoisotopic (exact) mass is 394 g/mol. The van der Waals surface area contributed by atoms with Gasteiger partial charge in [0.05, 0.1) is 6.04 Å². The van der Waals surface area contributed by atoms with Crippen molar-refractivity contribution in [3.8, 4) is 0 Å². The first-order valence-electron chi connectivity index (χ1n) is 10.2. The van der Waals surface area contributed by atoms with Gasteiger partial charge in [-0.1, -0.05) is 60.7 Å². The molecule has 1 fully saturated rings. The minimum Gasteiger partial charge on any atom is -0.444 e. The molecule has 2 aromatic carbocycles. The van der Waals surface area contributed by atoms with Gasteiger partial charge in [-0.25, -0.2) is 4.79 Å². The number of hydrogen-bond acceptors (Lipinski definition) is 3. The Morgan fingerprint density at radius 2 is 1.59 bits per heavy atom. The molecular formula is C24H30N2O3. The summed E-state index contributed by atoms with van der Waals surface area (Å²) in [7, 11) is 0. The molecule has 0 aliphatic carbocycles. The van der Waals surface area contributed by atoms with E-state index in [2.05, 4.69) is 29.6 Å². The predicted octanol–water partition coefficient (Wildman–Crippen LogP) is 4.33. The van der Waals surface area contributed by atoms with Gasteiger partial charge in [0.2, 0.25) is 5.91 Å². The van der Waals surface area contributed by atoms with Crippen LogP contribution < -0.4 is 5.32 Å². The largest absolute Gasteiger partial charge is 0.444 e. The number of nitrogens with zero attached hydrogens (tertiary/aromatic N) is 1. The molecule has 1 aliphatic rings. The fourth-order valence-corrected chi connectivity index (χ4v) is 3.68. The van der Waals surface area contributed by atoms with Crippen molar-refractivity contribution in [3.63, 3.8) is 0 Å². The van der Waals surface area contributed by atoms with Crippen molar-refractivity contribution >= 4 is 12.0 Å². The highest BCUT2D eigenvalue weighted by molar-refractivity contribution is 5.78. The Bertz CT molecular complexity index is 776. The fraction of sp³-hybridized carbons (Fsp3) is 0.417. The summed E-state index contributed by atoms with van der Waals surface area (Å²) in [6.45, 7) is 6.68. The van der Waals surface area contributed by atoms with Crippen LogP contribution in [0.3, 0.4) is 0 Å². The van der Waals surface area contributed by atoms with Crippen LogP contribution in [0.1, 0.15) is 50.7 Å². The fourth-order valence-electron chi connectivity index (χ4n) is 3.68. The number of alkyl carbamates (subject to hydrolysis) is 1. The summed E-state index contributed by atoms with van der Waals surface area (Å²) >= 11 is 0. The first kappa shape index (κ1) is 20.9. The van der Waals surface area contributed by atoms with Crippen LogP contribution in [0.15, 0.2) is 60.7 Å². The molecule has 0 radical (unpaired) electrons. The number of ether oxygens (including phenoxy) is 1. The molecule has 0 bridgehead atoms. The van der Waals surface area contributed by atoms with E-state index in [0.717, 1.165) is 17.5 Å². The van der Waals surface area contributed by atoms with E-state index in [-0.39, 0.29) is 17.9 Å². The number of hydrogen-bond donors (Lipinski definition) is 1. The Labute approximate surface area is 173 Å². The van der Waals surface area contributed by atoms with Gasteiger partial charge in [-0.15, -0.1) is 0 Å². The van der Waals surface area contributed by atoms with Crippen LogP contribution >= 0.6 is 0 Å². The Morgan fingerprint density at radius 1 is 1.03 bits per heavy atom. The maximum absolute atomic E-state index is 13.0. The molecule has 2 aromatic rings. The minimum atomic E-state index is -0.531. The van der Waals surface area contributed by atoms with E-state index in [0.29, 0.717) is 19.5 Å². The molecule has 0 saturated carbocycles. The van der Waals surface area contributed by atoms with Crippen LogP contribution in [-0.2, 0) is 9.53 Å². The third kappa shape index (κ3) is 6.08. The molecule has 1 saturated heterocycles. The van der Waals surface area contributed by atoms with Crippen molar-refractivity contribution in [1.29, 1.82) is 0 Å². The predicted molar refractivity (Wildman–Crippen MR) is 114 cm³/mol. The molecule has 1 unspecified atom stereocenters. The highest BCUT2D eigenvalue weighted by Crippen LogP contribution is 2.29. The van der Waals surface area contributed by atoms with Gasteiger partial charge in [-0.3, -0.25) is 4.79 Å². The zero-order valence-corrected chi connectivity index (χ0v) is 17.4. The summed E-state index contributed by atoms with van der Waals surface area (Å²) in [6.07, 6.45) is 0.725. The number of benzene rings is 2. The van der Waals surface area contributed by atoms with Gasteiger partial charge < -0.3 is 15.0 Å². The van der Waals surface area contributed by atoms with Gasteiger partial charge in [0.1, 0.15) is 5.60 Å². The van der Waals surface area contributed by atoms with Gasteiger partial charge in [-0.05, 0) is 38.3 Å². The molecule has 3 rings (SSSR count). The number of carbonyl (C=O) groups excluding carboxylic acids is 2. The van der Waals surface area contributed by atoms with Gasteiger partial charge in [0.15, 0.2) is 0 Å². The van der Waals surface area contributed by atoms with Crippen LogP contribution in [0.2, 0.25) is 0 Å². The second kappa shape index (κ2) is 9.12. The number of carbonyl (C=O) groups is 2. The Morgan fingerprint density at radius 3 is 2.10 bits per heavy atom. The van der Waals surface area contributed by atoms with Gasteiger partial charge in [0.25, 0.3) is 0 Å². The third-order valence-electron chi connectivity index (χ3n) is 5.04. The van der Waals surface area contributed by atoms with Gasteiger partial charge in [0, 0.05) is 25.4 Å². The average molecular weight is 395 g/mol. The van der Waals surface area contributed by atoms with Crippen molar-refractivity contribution in [2.45, 2.75) is 51.2 Å². The van der Waals surface area contributed by atoms with E-state index < -0.39 is 11.7 Å². The maximum Gasteiger partial charge on any atom is 0.407 e. The summed E-state index contributed by atoms with van der Waals surface area (Å²) in [5.74, 6) is 0.124. The molecule has 1 N–H and O–H groups in total. The first-order valence-corrected chi connectivity index (χ1v) is 10.2. The van der Waals surface area contributed by atoms with Crippen LogP contribution in [0.25, 0.3) is 0 Å². The second-order valence-electron chi connectivity index (χ2n) is 8.55. The molecule has 5 heteroatoms. The number of nitrogens with one attached hydrogen (secondary N) is 1. The lowest BCUT2D eigenvalue weighted by Gasteiger charge is -2.23. The molecule has 0 spiro atoms. The highest BCUT2D eigenvalue weighted by Gasteiger charge is 2.30. The zero-order chi connectivity index (χ0) is 20.9. The molecule has 29 heavy (non-hydrogen) atoms. The summed E-state index contributed by atoms with van der Waals surface area (Å²) in [4.78, 5) is 26.9. The lowest BCUT2D eigenvalue weighted by Crippen LogP contribution is -2.41. The van der Waals surface area contributed by atoms with E-state index in [1.54, 1.807) is 0 Å². The van der Waals surface area contributed by atoms with Crippen molar-refractivity contribution in [3.05, 3.63) is 71.8 Å². The van der Waals surface area contributed by atoms with Crippen molar-refractivity contribution in [2.75, 3.05) is 13.1 Å². The first-order chi connectivity index (χ1) is 13.8. The van der Waals surface area contributed by atoms with Crippen molar-refractivity contribution in [1.82, 2.24) is 10.2 Å². The van der Waals surface area contributed by atoms with Crippen molar-refractivity contribution < 1.29 is 14.3 Å². The summed E-state index contributed by atoms with van der Waals surface area (Å²) < 4.78 is 5.32. The molecule has 0 aromatic heterocycles. The molecule has 1 aliphatic heterocycles. The highest BCUT2D eigenvalue weighted by atomic mass is 16.6. The average Bonchev–Trinajstić information content (AvgIpc) is 3.14. The van der Waals surface area contributed by atoms with Crippen LogP contribution in [0.4, 0.5) is 4.79 Å². The summed E-state index contributed by atoms with van der Waals surface area (Å²) in [5.41, 5.74) is 1.74. The van der Waals surface area contributed by atoms with Gasteiger partial charge >= 0.3 is 6.09 Å².